The predicted octanol–water partition coefficient (Wildman–Crippen LogP) is 2.79. The molecule has 1 aromatic carbocycles. The quantitative estimate of drug-likeness (QED) is 0.791. The monoisotopic (exact) mass is 291 g/mol. The van der Waals surface area contributed by atoms with Crippen molar-refractivity contribution < 1.29 is 14.6 Å². The van der Waals surface area contributed by atoms with Gasteiger partial charge in [-0.2, -0.15) is 0 Å². The molecule has 0 spiro atoms. The predicted molar refractivity (Wildman–Crippen MR) is 82.2 cm³/mol. The SMILES string of the molecule is CCOC(=O)[C@H](Cc1ccc(O)cc1)NC1CCCCC1. The van der Waals surface area contributed by atoms with Crippen molar-refractivity contribution in [2.45, 2.75) is 57.5 Å². The molecule has 1 atom stereocenters. The molecular weight excluding hydrogens is 266 g/mol. The normalized spacial score (nSPS) is 17.4. The van der Waals surface area contributed by atoms with E-state index in [0.29, 0.717) is 19.1 Å². The van der Waals surface area contributed by atoms with Crippen molar-refractivity contribution in [1.29, 1.82) is 0 Å². The lowest BCUT2D eigenvalue weighted by molar-refractivity contribution is -0.145. The maximum Gasteiger partial charge on any atom is 0.323 e. The number of benzene rings is 1. The van der Waals surface area contributed by atoms with Crippen molar-refractivity contribution in [3.8, 4) is 5.75 Å². The van der Waals surface area contributed by atoms with Gasteiger partial charge in [-0.15, -0.1) is 0 Å². The number of nitrogens with one attached hydrogen (secondary N) is 1. The second-order valence-corrected chi connectivity index (χ2v) is 5.68. The van der Waals surface area contributed by atoms with E-state index < -0.39 is 0 Å². The van der Waals surface area contributed by atoms with Gasteiger partial charge < -0.3 is 15.2 Å². The summed E-state index contributed by atoms with van der Waals surface area (Å²) in [5, 5.41) is 12.8. The third-order valence-corrected chi connectivity index (χ3v) is 3.99. The first kappa shape index (κ1) is 15.8. The van der Waals surface area contributed by atoms with Crippen LogP contribution in [0.2, 0.25) is 0 Å². The molecule has 0 unspecified atom stereocenters. The molecule has 0 aromatic heterocycles. The summed E-state index contributed by atoms with van der Waals surface area (Å²) in [6.45, 7) is 2.23. The van der Waals surface area contributed by atoms with Crippen LogP contribution in [0.5, 0.6) is 5.75 Å². The zero-order chi connectivity index (χ0) is 15.1. The Hall–Kier alpha value is -1.55. The maximum atomic E-state index is 12.2. The number of hydrogen-bond acceptors (Lipinski definition) is 4. The van der Waals surface area contributed by atoms with E-state index in [1.165, 1.54) is 19.3 Å². The molecule has 0 amide bonds. The van der Waals surface area contributed by atoms with Crippen LogP contribution in [-0.4, -0.2) is 29.8 Å². The fourth-order valence-electron chi connectivity index (χ4n) is 2.87. The van der Waals surface area contributed by atoms with Crippen molar-refractivity contribution in [3.05, 3.63) is 29.8 Å². The summed E-state index contributed by atoms with van der Waals surface area (Å²) in [6.07, 6.45) is 6.60. The molecule has 1 fully saturated rings. The molecule has 116 valence electrons. The molecule has 4 heteroatoms. The Morgan fingerprint density at radius 3 is 2.57 bits per heavy atom. The van der Waals surface area contributed by atoms with Gasteiger partial charge in [0, 0.05) is 6.04 Å². The van der Waals surface area contributed by atoms with E-state index in [9.17, 15) is 9.90 Å². The Bertz CT molecular complexity index is 438. The number of ether oxygens (including phenoxy) is 1. The molecule has 1 saturated carbocycles. The van der Waals surface area contributed by atoms with Gasteiger partial charge >= 0.3 is 5.97 Å². The summed E-state index contributed by atoms with van der Waals surface area (Å²) >= 11 is 0. The largest absolute Gasteiger partial charge is 0.508 e. The van der Waals surface area contributed by atoms with Crippen LogP contribution < -0.4 is 5.32 Å². The molecule has 2 N–H and O–H groups in total. The maximum absolute atomic E-state index is 12.2. The number of esters is 1. The number of hydrogen-bond donors (Lipinski definition) is 2. The van der Waals surface area contributed by atoms with Crippen molar-refractivity contribution in [1.82, 2.24) is 5.32 Å². The third-order valence-electron chi connectivity index (χ3n) is 3.99. The number of phenolic OH excluding ortho intramolecular Hbond substituents is 1. The fraction of sp³-hybridized carbons (Fsp3) is 0.588. The molecular formula is C17H25NO3. The van der Waals surface area contributed by atoms with Gasteiger partial charge in [0.25, 0.3) is 0 Å². The summed E-state index contributed by atoms with van der Waals surface area (Å²) in [5.41, 5.74) is 1.02. The van der Waals surface area contributed by atoms with E-state index in [1.54, 1.807) is 12.1 Å². The van der Waals surface area contributed by atoms with Crippen LogP contribution in [0.3, 0.4) is 0 Å². The molecule has 1 aliphatic rings. The van der Waals surface area contributed by atoms with Crippen LogP contribution in [0, 0.1) is 0 Å². The molecule has 1 aliphatic carbocycles. The van der Waals surface area contributed by atoms with Crippen LogP contribution >= 0.6 is 0 Å². The van der Waals surface area contributed by atoms with Crippen LogP contribution in [0.4, 0.5) is 0 Å². The molecule has 0 saturated heterocycles. The minimum Gasteiger partial charge on any atom is -0.508 e. The molecule has 0 aliphatic heterocycles. The van der Waals surface area contributed by atoms with Crippen molar-refractivity contribution >= 4 is 5.97 Å². The van der Waals surface area contributed by atoms with Crippen LogP contribution in [-0.2, 0) is 16.0 Å². The van der Waals surface area contributed by atoms with Crippen LogP contribution in [0.1, 0.15) is 44.6 Å². The number of rotatable bonds is 6. The fourth-order valence-corrected chi connectivity index (χ4v) is 2.87. The summed E-state index contributed by atoms with van der Waals surface area (Å²) in [7, 11) is 0. The van der Waals surface area contributed by atoms with E-state index in [2.05, 4.69) is 5.32 Å². The van der Waals surface area contributed by atoms with Gasteiger partial charge in [-0.05, 0) is 43.9 Å². The highest BCUT2D eigenvalue weighted by Crippen LogP contribution is 2.19. The van der Waals surface area contributed by atoms with E-state index in [0.717, 1.165) is 18.4 Å². The lowest BCUT2D eigenvalue weighted by Crippen LogP contribution is -2.46. The van der Waals surface area contributed by atoms with Gasteiger partial charge in [-0.1, -0.05) is 31.4 Å². The van der Waals surface area contributed by atoms with E-state index >= 15 is 0 Å². The summed E-state index contributed by atoms with van der Waals surface area (Å²) in [4.78, 5) is 12.2. The molecule has 4 nitrogen and oxygen atoms in total. The smallest absolute Gasteiger partial charge is 0.323 e. The average molecular weight is 291 g/mol. The second-order valence-electron chi connectivity index (χ2n) is 5.68. The average Bonchev–Trinajstić information content (AvgIpc) is 2.50. The highest BCUT2D eigenvalue weighted by atomic mass is 16.5. The highest BCUT2D eigenvalue weighted by molar-refractivity contribution is 5.76. The minimum absolute atomic E-state index is 0.184. The lowest BCUT2D eigenvalue weighted by Gasteiger charge is -2.27. The third kappa shape index (κ3) is 5.05. The van der Waals surface area contributed by atoms with E-state index in [-0.39, 0.29) is 17.8 Å². The number of aromatic hydroxyl groups is 1. The van der Waals surface area contributed by atoms with Gasteiger partial charge in [-0.25, -0.2) is 0 Å². The Labute approximate surface area is 126 Å². The second kappa shape index (κ2) is 8.03. The Morgan fingerprint density at radius 1 is 1.29 bits per heavy atom. The topological polar surface area (TPSA) is 58.6 Å². The summed E-state index contributed by atoms with van der Waals surface area (Å²) < 4.78 is 5.19. The van der Waals surface area contributed by atoms with Gasteiger partial charge in [-0.3, -0.25) is 4.79 Å². The Balaban J connectivity index is 2.00. The molecule has 1 aromatic rings. The summed E-state index contributed by atoms with van der Waals surface area (Å²) in [5.74, 6) is 0.0582. The Morgan fingerprint density at radius 2 is 1.95 bits per heavy atom. The highest BCUT2D eigenvalue weighted by Gasteiger charge is 2.24. The Kier molecular flexibility index (Phi) is 6.05. The first-order valence-corrected chi connectivity index (χ1v) is 7.89. The van der Waals surface area contributed by atoms with Crippen molar-refractivity contribution in [2.75, 3.05) is 6.61 Å². The van der Waals surface area contributed by atoms with E-state index in [4.69, 9.17) is 4.74 Å². The van der Waals surface area contributed by atoms with Crippen LogP contribution in [0.15, 0.2) is 24.3 Å². The van der Waals surface area contributed by atoms with Crippen molar-refractivity contribution in [3.63, 3.8) is 0 Å². The van der Waals surface area contributed by atoms with E-state index in [1.807, 2.05) is 19.1 Å². The molecule has 0 bridgehead atoms. The van der Waals surface area contributed by atoms with Gasteiger partial charge in [0.1, 0.15) is 11.8 Å². The molecule has 0 radical (unpaired) electrons. The number of carbonyl (C=O) groups is 1. The minimum atomic E-state index is -0.308. The zero-order valence-corrected chi connectivity index (χ0v) is 12.7. The zero-order valence-electron chi connectivity index (χ0n) is 12.7. The first-order chi connectivity index (χ1) is 10.2. The first-order valence-electron chi connectivity index (χ1n) is 7.89. The summed E-state index contributed by atoms with van der Waals surface area (Å²) in [6, 6.07) is 7.10. The molecule has 0 heterocycles. The van der Waals surface area contributed by atoms with Gasteiger partial charge in [0.15, 0.2) is 0 Å². The number of carbonyl (C=O) groups excluding carboxylic acids is 1. The number of phenols is 1. The molecule has 21 heavy (non-hydrogen) atoms. The van der Waals surface area contributed by atoms with Crippen molar-refractivity contribution in [2.24, 2.45) is 0 Å². The van der Waals surface area contributed by atoms with Gasteiger partial charge in [0.05, 0.1) is 6.61 Å². The molecule has 2 rings (SSSR count). The standard InChI is InChI=1S/C17H25NO3/c1-2-21-17(20)16(18-14-6-4-3-5-7-14)12-13-8-10-15(19)11-9-13/h8-11,14,16,18-19H,2-7,12H2,1H3/t16-/m0/s1. The van der Waals surface area contributed by atoms with Gasteiger partial charge in [0.2, 0.25) is 0 Å². The van der Waals surface area contributed by atoms with Crippen LogP contribution in [0.25, 0.3) is 0 Å². The lowest BCUT2D eigenvalue weighted by atomic mass is 9.94.